The predicted octanol–water partition coefficient (Wildman–Crippen LogP) is 16.0. The lowest BCUT2D eigenvalue weighted by Gasteiger charge is -2.40. The molecule has 436 valence electrons. The van der Waals surface area contributed by atoms with Crippen LogP contribution < -0.4 is 0 Å². The first kappa shape index (κ1) is 70.0. The van der Waals surface area contributed by atoms with Gasteiger partial charge in [0.1, 0.15) is 18.8 Å². The molecule has 0 amide bonds. The number of rotatable bonds is 53. The highest BCUT2D eigenvalue weighted by atomic mass is 16.7. The largest absolute Gasteiger partial charge is 0.479 e. The van der Waals surface area contributed by atoms with E-state index in [1.54, 1.807) is 0 Å². The Morgan fingerprint density at radius 3 is 1.28 bits per heavy atom. The minimum Gasteiger partial charge on any atom is -0.479 e. The van der Waals surface area contributed by atoms with Crippen molar-refractivity contribution < 1.29 is 58.2 Å². The van der Waals surface area contributed by atoms with Gasteiger partial charge in [-0.2, -0.15) is 0 Å². The number of carbonyl (C=O) groups excluding carboxylic acids is 3. The van der Waals surface area contributed by atoms with Crippen LogP contribution in [0.2, 0.25) is 0 Å². The number of ether oxygens (including phenoxy) is 5. The van der Waals surface area contributed by atoms with Gasteiger partial charge >= 0.3 is 23.9 Å². The maximum absolute atomic E-state index is 13.1. The molecule has 0 bridgehead atoms. The van der Waals surface area contributed by atoms with Gasteiger partial charge in [0.15, 0.2) is 24.6 Å². The van der Waals surface area contributed by atoms with Crippen molar-refractivity contribution in [3.05, 3.63) is 36.5 Å². The minimum absolute atomic E-state index is 0.0445. The Labute approximate surface area is 457 Å². The zero-order valence-corrected chi connectivity index (χ0v) is 48.1. The lowest BCUT2D eigenvalue weighted by molar-refractivity contribution is -0.301. The van der Waals surface area contributed by atoms with E-state index in [0.29, 0.717) is 19.3 Å². The maximum atomic E-state index is 13.1. The number of carboxylic acids is 1. The molecule has 6 unspecified atom stereocenters. The smallest absolute Gasteiger partial charge is 0.335 e. The highest BCUT2D eigenvalue weighted by Gasteiger charge is 2.50. The van der Waals surface area contributed by atoms with Crippen molar-refractivity contribution in [1.82, 2.24) is 0 Å². The van der Waals surface area contributed by atoms with Gasteiger partial charge in [0, 0.05) is 19.3 Å². The Balaban J connectivity index is 2.66. The summed E-state index contributed by atoms with van der Waals surface area (Å²) >= 11 is 0. The molecule has 6 atom stereocenters. The molecule has 75 heavy (non-hydrogen) atoms. The normalized spacial score (nSPS) is 18.3. The van der Waals surface area contributed by atoms with Crippen molar-refractivity contribution in [2.45, 2.75) is 327 Å². The number of aliphatic hydroxyl groups excluding tert-OH is 2. The average molecular weight is 1060 g/mol. The van der Waals surface area contributed by atoms with Crippen molar-refractivity contribution in [2.24, 2.45) is 0 Å². The van der Waals surface area contributed by atoms with E-state index < -0.39 is 67.3 Å². The van der Waals surface area contributed by atoms with E-state index in [1.807, 2.05) is 0 Å². The van der Waals surface area contributed by atoms with Crippen LogP contribution in [0.15, 0.2) is 36.5 Å². The van der Waals surface area contributed by atoms with Crippen molar-refractivity contribution in [1.29, 1.82) is 0 Å². The van der Waals surface area contributed by atoms with Gasteiger partial charge in [-0.3, -0.25) is 14.4 Å². The Morgan fingerprint density at radius 2 is 0.840 bits per heavy atom. The molecule has 1 rings (SSSR count). The van der Waals surface area contributed by atoms with Gasteiger partial charge in [-0.25, -0.2) is 4.79 Å². The lowest BCUT2D eigenvalue weighted by Crippen LogP contribution is -2.61. The average Bonchev–Trinajstić information content (AvgIpc) is 3.39. The zero-order chi connectivity index (χ0) is 54.7. The molecule has 1 aliphatic heterocycles. The van der Waals surface area contributed by atoms with E-state index in [1.165, 1.54) is 141 Å². The first-order valence-corrected chi connectivity index (χ1v) is 31.0. The van der Waals surface area contributed by atoms with Crippen LogP contribution in [-0.2, 0) is 42.9 Å². The minimum atomic E-state index is -1.91. The topological polar surface area (TPSA) is 175 Å². The van der Waals surface area contributed by atoms with Crippen LogP contribution in [0, 0.1) is 0 Å². The summed E-state index contributed by atoms with van der Waals surface area (Å²) in [4.78, 5) is 51.2. The number of hydrogen-bond acceptors (Lipinski definition) is 11. The van der Waals surface area contributed by atoms with Crippen molar-refractivity contribution >= 4 is 23.9 Å². The number of hydrogen-bond donors (Lipinski definition) is 3. The molecule has 12 heteroatoms. The van der Waals surface area contributed by atoms with Crippen LogP contribution >= 0.6 is 0 Å². The maximum Gasteiger partial charge on any atom is 0.335 e. The number of aliphatic hydroxyl groups is 2. The van der Waals surface area contributed by atoms with Crippen LogP contribution in [0.1, 0.15) is 290 Å². The molecule has 0 aliphatic carbocycles. The van der Waals surface area contributed by atoms with E-state index in [4.69, 9.17) is 23.7 Å². The molecule has 0 aromatic heterocycles. The summed E-state index contributed by atoms with van der Waals surface area (Å²) in [6, 6.07) is 0. The molecule has 3 N–H and O–H groups in total. The van der Waals surface area contributed by atoms with Crippen LogP contribution in [0.4, 0.5) is 0 Å². The van der Waals surface area contributed by atoms with Crippen molar-refractivity contribution in [2.75, 3.05) is 13.2 Å². The molecule has 1 heterocycles. The first-order chi connectivity index (χ1) is 36.6. The standard InChI is InChI=1S/C63H112O12/c1-4-7-10-13-16-19-22-25-27-28-30-32-34-37-40-43-46-49-55(64)71-52-54(73-56(65)50-47-44-41-38-35-31-24-21-18-15-12-9-6-3)53-72-63-61(59(68)58(67)60(75-63)62(69)70)74-57(66)51-48-45-42-39-36-33-29-26-23-20-17-14-11-8-5-2/h8,11,17,20,26,29,54,58-61,63,67-68H,4-7,9-10,12-16,18-19,21-25,27-28,30-53H2,1-3H3,(H,69,70)/b11-8-,20-17-,29-26-. The third-order valence-corrected chi connectivity index (χ3v) is 14.2. The van der Waals surface area contributed by atoms with Gasteiger partial charge in [0.2, 0.25) is 0 Å². The molecule has 1 fully saturated rings. The number of carboxylic acid groups (broad SMARTS) is 1. The summed E-state index contributed by atoms with van der Waals surface area (Å²) in [5.74, 6) is -3.11. The molecule has 1 aliphatic rings. The second-order valence-corrected chi connectivity index (χ2v) is 21.3. The highest BCUT2D eigenvalue weighted by molar-refractivity contribution is 5.74. The van der Waals surface area contributed by atoms with Crippen molar-refractivity contribution in [3.63, 3.8) is 0 Å². The molecule has 12 nitrogen and oxygen atoms in total. The molecule has 0 spiro atoms. The van der Waals surface area contributed by atoms with Gasteiger partial charge in [0.05, 0.1) is 6.61 Å². The molecule has 0 aromatic carbocycles. The third-order valence-electron chi connectivity index (χ3n) is 14.2. The summed E-state index contributed by atoms with van der Waals surface area (Å²) in [5, 5.41) is 31.5. The van der Waals surface area contributed by atoms with Crippen molar-refractivity contribution in [3.8, 4) is 0 Å². The van der Waals surface area contributed by atoms with Crippen LogP contribution in [0.3, 0.4) is 0 Å². The van der Waals surface area contributed by atoms with E-state index in [-0.39, 0.29) is 25.9 Å². The number of unbranched alkanes of at least 4 members (excludes halogenated alkanes) is 33. The molecule has 1 saturated heterocycles. The Bertz CT molecular complexity index is 1450. The van der Waals surface area contributed by atoms with E-state index in [9.17, 15) is 34.5 Å². The Hall–Kier alpha value is -3.06. The number of esters is 3. The molecule has 0 aromatic rings. The molecule has 0 saturated carbocycles. The van der Waals surface area contributed by atoms with Crippen LogP contribution in [0.5, 0.6) is 0 Å². The summed E-state index contributed by atoms with van der Waals surface area (Å²) in [7, 11) is 0. The fourth-order valence-electron chi connectivity index (χ4n) is 9.50. The van der Waals surface area contributed by atoms with Crippen LogP contribution in [0.25, 0.3) is 0 Å². The highest BCUT2D eigenvalue weighted by Crippen LogP contribution is 2.27. The number of carbonyl (C=O) groups is 4. The SMILES string of the molecule is CC/C=C\C/C=C\C/C=C\CCCCCCCC(=O)OC1C(OCC(COC(=O)CCCCCCCCCCCCCCCCCCC)OC(=O)CCCCCCCCCCCCCCC)OC(C(=O)O)C(O)C1O. The van der Waals surface area contributed by atoms with E-state index >= 15 is 0 Å². The van der Waals surface area contributed by atoms with E-state index in [0.717, 1.165) is 89.9 Å². The first-order valence-electron chi connectivity index (χ1n) is 31.0. The Kier molecular flexibility index (Phi) is 48.2. The summed E-state index contributed by atoms with van der Waals surface area (Å²) in [6.45, 7) is 5.91. The van der Waals surface area contributed by atoms with Gasteiger partial charge < -0.3 is 39.0 Å². The third kappa shape index (κ3) is 41.7. The molecular weight excluding hydrogens is 949 g/mol. The number of aliphatic carboxylic acids is 1. The summed E-state index contributed by atoms with van der Waals surface area (Å²) < 4.78 is 28.5. The van der Waals surface area contributed by atoms with Gasteiger partial charge in [-0.15, -0.1) is 0 Å². The quantitative estimate of drug-likeness (QED) is 0.0228. The monoisotopic (exact) mass is 1060 g/mol. The fourth-order valence-corrected chi connectivity index (χ4v) is 9.50. The number of allylic oxidation sites excluding steroid dienone is 6. The Morgan fingerprint density at radius 1 is 0.453 bits per heavy atom. The molecular formula is C63H112O12. The fraction of sp³-hybridized carbons (Fsp3) is 0.841. The van der Waals surface area contributed by atoms with Gasteiger partial charge in [0.25, 0.3) is 0 Å². The zero-order valence-electron chi connectivity index (χ0n) is 48.1. The van der Waals surface area contributed by atoms with Gasteiger partial charge in [-0.05, 0) is 51.4 Å². The van der Waals surface area contributed by atoms with E-state index in [2.05, 4.69) is 57.2 Å². The van der Waals surface area contributed by atoms with Crippen LogP contribution in [-0.4, -0.2) is 89.2 Å². The lowest BCUT2D eigenvalue weighted by atomic mass is 9.98. The summed E-state index contributed by atoms with van der Waals surface area (Å²) in [6.07, 6.45) is 48.2. The summed E-state index contributed by atoms with van der Waals surface area (Å²) in [5.41, 5.74) is 0. The van der Waals surface area contributed by atoms with Gasteiger partial charge in [-0.1, -0.05) is 256 Å². The molecule has 0 radical (unpaired) electrons. The predicted molar refractivity (Wildman–Crippen MR) is 303 cm³/mol. The second kappa shape index (κ2) is 51.7. The second-order valence-electron chi connectivity index (χ2n) is 21.3.